The molecule has 0 saturated carbocycles. The highest BCUT2D eigenvalue weighted by atomic mass is 16.2. The Kier molecular flexibility index (Phi) is 3.39. The average molecular weight is 305 g/mol. The Morgan fingerprint density at radius 2 is 2.09 bits per heavy atom. The number of rotatable bonds is 2. The van der Waals surface area contributed by atoms with E-state index < -0.39 is 6.03 Å². The molecule has 9 heteroatoms. The zero-order chi connectivity index (χ0) is 15.9. The van der Waals surface area contributed by atoms with Crippen LogP contribution in [-0.4, -0.2) is 63.1 Å². The molecule has 9 nitrogen and oxygen atoms in total. The SMILES string of the molecule is Cn1nc(C(=O)N2CCC(N3C(=O)CNC3=O)C2)ccc1=O. The van der Waals surface area contributed by atoms with Crippen molar-refractivity contribution in [2.24, 2.45) is 7.05 Å². The number of nitrogens with one attached hydrogen (secondary N) is 1. The van der Waals surface area contributed by atoms with Crippen LogP contribution in [0.25, 0.3) is 0 Å². The van der Waals surface area contributed by atoms with Crippen LogP contribution in [0.5, 0.6) is 0 Å². The maximum Gasteiger partial charge on any atom is 0.324 e. The van der Waals surface area contributed by atoms with E-state index in [1.807, 2.05) is 0 Å². The zero-order valence-corrected chi connectivity index (χ0v) is 12.0. The van der Waals surface area contributed by atoms with Crippen molar-refractivity contribution in [3.63, 3.8) is 0 Å². The van der Waals surface area contributed by atoms with E-state index in [1.54, 1.807) is 0 Å². The van der Waals surface area contributed by atoms with E-state index in [2.05, 4.69) is 10.4 Å². The second kappa shape index (κ2) is 5.24. The standard InChI is InChI=1S/C13H15N5O4/c1-16-10(19)3-2-9(15-16)12(21)17-5-4-8(7-17)18-11(20)6-14-13(18)22/h2-3,8H,4-7H2,1H3,(H,14,22). The second-order valence-corrected chi connectivity index (χ2v) is 5.30. The summed E-state index contributed by atoms with van der Waals surface area (Å²) in [6.45, 7) is 0.721. The largest absolute Gasteiger partial charge is 0.335 e. The molecule has 1 unspecified atom stereocenters. The molecular weight excluding hydrogens is 290 g/mol. The van der Waals surface area contributed by atoms with E-state index in [9.17, 15) is 19.2 Å². The van der Waals surface area contributed by atoms with Crippen molar-refractivity contribution in [2.75, 3.05) is 19.6 Å². The molecule has 0 aliphatic carbocycles. The Balaban J connectivity index is 1.73. The van der Waals surface area contributed by atoms with Crippen LogP contribution in [0.3, 0.4) is 0 Å². The van der Waals surface area contributed by atoms with Crippen LogP contribution in [0.2, 0.25) is 0 Å². The monoisotopic (exact) mass is 305 g/mol. The van der Waals surface area contributed by atoms with E-state index in [0.29, 0.717) is 13.0 Å². The second-order valence-electron chi connectivity index (χ2n) is 5.30. The van der Waals surface area contributed by atoms with Gasteiger partial charge in [0.2, 0.25) is 5.91 Å². The molecule has 1 N–H and O–H groups in total. The summed E-state index contributed by atoms with van der Waals surface area (Å²) in [4.78, 5) is 49.7. The predicted molar refractivity (Wildman–Crippen MR) is 74.0 cm³/mol. The van der Waals surface area contributed by atoms with Gasteiger partial charge in [-0.15, -0.1) is 0 Å². The van der Waals surface area contributed by atoms with Gasteiger partial charge < -0.3 is 10.2 Å². The summed E-state index contributed by atoms with van der Waals surface area (Å²) < 4.78 is 1.10. The molecule has 2 aliphatic heterocycles. The summed E-state index contributed by atoms with van der Waals surface area (Å²) >= 11 is 0. The minimum absolute atomic E-state index is 0.00559. The van der Waals surface area contributed by atoms with E-state index in [1.165, 1.54) is 29.0 Å². The molecule has 2 saturated heterocycles. The van der Waals surface area contributed by atoms with Crippen molar-refractivity contribution in [2.45, 2.75) is 12.5 Å². The van der Waals surface area contributed by atoms with Crippen molar-refractivity contribution in [3.05, 3.63) is 28.2 Å². The first kappa shape index (κ1) is 14.2. The van der Waals surface area contributed by atoms with Crippen LogP contribution in [0.4, 0.5) is 4.79 Å². The average Bonchev–Trinajstić information content (AvgIpc) is 3.08. The lowest BCUT2D eigenvalue weighted by molar-refractivity contribution is -0.126. The topological polar surface area (TPSA) is 105 Å². The highest BCUT2D eigenvalue weighted by Gasteiger charge is 2.39. The molecule has 22 heavy (non-hydrogen) atoms. The number of aromatic nitrogens is 2. The summed E-state index contributed by atoms with van der Waals surface area (Å²) in [5, 5.41) is 6.39. The highest BCUT2D eigenvalue weighted by Crippen LogP contribution is 2.19. The van der Waals surface area contributed by atoms with Crippen LogP contribution in [-0.2, 0) is 11.8 Å². The number of imide groups is 1. The number of amides is 4. The Labute approximate surface area is 125 Å². The molecule has 1 atom stereocenters. The lowest BCUT2D eigenvalue weighted by atomic mass is 10.2. The first-order valence-corrected chi connectivity index (χ1v) is 6.91. The lowest BCUT2D eigenvalue weighted by Gasteiger charge is -2.21. The Hall–Kier alpha value is -2.71. The smallest absolute Gasteiger partial charge is 0.324 e. The number of urea groups is 1. The molecule has 3 rings (SSSR count). The van der Waals surface area contributed by atoms with E-state index in [0.717, 1.165) is 4.68 Å². The van der Waals surface area contributed by atoms with Crippen LogP contribution in [0.1, 0.15) is 16.9 Å². The third-order valence-corrected chi connectivity index (χ3v) is 3.87. The maximum atomic E-state index is 12.4. The number of hydrogen-bond acceptors (Lipinski definition) is 5. The molecule has 1 aromatic heterocycles. The van der Waals surface area contributed by atoms with E-state index >= 15 is 0 Å². The molecule has 0 radical (unpaired) electrons. The van der Waals surface area contributed by atoms with Crippen molar-refractivity contribution in [1.82, 2.24) is 24.9 Å². The molecule has 0 aromatic carbocycles. The minimum Gasteiger partial charge on any atom is -0.335 e. The van der Waals surface area contributed by atoms with Gasteiger partial charge in [-0.05, 0) is 12.5 Å². The molecule has 0 spiro atoms. The van der Waals surface area contributed by atoms with Crippen LogP contribution >= 0.6 is 0 Å². The third-order valence-electron chi connectivity index (χ3n) is 3.87. The number of nitrogens with zero attached hydrogens (tertiary/aromatic N) is 4. The van der Waals surface area contributed by atoms with Gasteiger partial charge in [-0.2, -0.15) is 5.10 Å². The zero-order valence-electron chi connectivity index (χ0n) is 12.0. The van der Waals surface area contributed by atoms with E-state index in [4.69, 9.17) is 0 Å². The molecule has 1 aromatic rings. The fourth-order valence-corrected chi connectivity index (χ4v) is 2.72. The molecular formula is C13H15N5O4. The first-order chi connectivity index (χ1) is 10.5. The van der Waals surface area contributed by atoms with Crippen molar-refractivity contribution >= 4 is 17.8 Å². The number of carbonyl (C=O) groups is 3. The lowest BCUT2D eigenvalue weighted by Crippen LogP contribution is -2.43. The Morgan fingerprint density at radius 3 is 2.73 bits per heavy atom. The van der Waals surface area contributed by atoms with E-state index in [-0.39, 0.29) is 42.2 Å². The summed E-state index contributed by atoms with van der Waals surface area (Å²) in [6, 6.07) is 1.94. The maximum absolute atomic E-state index is 12.4. The van der Waals surface area contributed by atoms with Crippen molar-refractivity contribution in [3.8, 4) is 0 Å². The number of aryl methyl sites for hydroxylation is 1. The highest BCUT2D eigenvalue weighted by molar-refractivity contribution is 6.02. The van der Waals surface area contributed by atoms with Gasteiger partial charge in [0.05, 0.1) is 12.6 Å². The van der Waals surface area contributed by atoms with Gasteiger partial charge in [0.15, 0.2) is 0 Å². The van der Waals surface area contributed by atoms with Crippen LogP contribution in [0, 0.1) is 0 Å². The van der Waals surface area contributed by atoms with Crippen molar-refractivity contribution < 1.29 is 14.4 Å². The number of likely N-dealkylation sites (tertiary alicyclic amines) is 1. The van der Waals surface area contributed by atoms with Gasteiger partial charge in [0.1, 0.15) is 5.69 Å². The normalized spacial score (nSPS) is 21.4. The van der Waals surface area contributed by atoms with Gasteiger partial charge in [-0.25, -0.2) is 9.48 Å². The molecule has 2 aliphatic rings. The quantitative estimate of drug-likeness (QED) is 0.673. The van der Waals surface area contributed by atoms with Gasteiger partial charge in [0.25, 0.3) is 11.5 Å². The summed E-state index contributed by atoms with van der Waals surface area (Å²) in [7, 11) is 1.47. The number of carbonyl (C=O) groups excluding carboxylic acids is 3. The molecule has 4 amide bonds. The van der Waals surface area contributed by atoms with Crippen LogP contribution in [0.15, 0.2) is 16.9 Å². The van der Waals surface area contributed by atoms with Gasteiger partial charge in [-0.3, -0.25) is 19.3 Å². The molecule has 2 fully saturated rings. The molecule has 0 bridgehead atoms. The van der Waals surface area contributed by atoms with Crippen molar-refractivity contribution in [1.29, 1.82) is 0 Å². The summed E-state index contributed by atoms with van der Waals surface area (Å²) in [6.07, 6.45) is 0.538. The minimum atomic E-state index is -0.412. The van der Waals surface area contributed by atoms with Gasteiger partial charge >= 0.3 is 6.03 Å². The summed E-state index contributed by atoms with van der Waals surface area (Å²) in [5.74, 6) is -0.588. The third kappa shape index (κ3) is 2.34. The fourth-order valence-electron chi connectivity index (χ4n) is 2.72. The number of hydrogen-bond donors (Lipinski definition) is 1. The predicted octanol–water partition coefficient (Wildman–Crippen LogP) is -1.45. The molecule has 3 heterocycles. The fraction of sp³-hybridized carbons (Fsp3) is 0.462. The Bertz CT molecular complexity index is 697. The Morgan fingerprint density at radius 1 is 1.32 bits per heavy atom. The first-order valence-electron chi connectivity index (χ1n) is 6.91. The van der Waals surface area contributed by atoms with Gasteiger partial charge in [0, 0.05) is 26.2 Å². The van der Waals surface area contributed by atoms with Gasteiger partial charge in [-0.1, -0.05) is 0 Å². The molecule has 116 valence electrons. The van der Waals surface area contributed by atoms with Crippen LogP contribution < -0.4 is 10.9 Å². The summed E-state index contributed by atoms with van der Waals surface area (Å²) in [5.41, 5.74) is -0.130.